The molecule has 0 aromatic heterocycles. The molecule has 0 aliphatic heterocycles. The largest absolute Gasteiger partial charge is 0.0826 e. The van der Waals surface area contributed by atoms with Gasteiger partial charge in [-0.2, -0.15) is 0 Å². The van der Waals surface area contributed by atoms with Crippen LogP contribution in [0.25, 0.3) is 0 Å². The lowest BCUT2D eigenvalue weighted by Crippen LogP contribution is -2.52. The second kappa shape index (κ2) is 4.86. The van der Waals surface area contributed by atoms with E-state index in [2.05, 4.69) is 36.4 Å². The third-order valence-corrected chi connectivity index (χ3v) is 9.51. The molecule has 4 saturated carbocycles. The highest BCUT2D eigenvalue weighted by Gasteiger charge is 2.57. The molecule has 0 amide bonds. The van der Waals surface area contributed by atoms with Gasteiger partial charge in [0.25, 0.3) is 0 Å². The van der Waals surface area contributed by atoms with Crippen molar-refractivity contribution in [3.63, 3.8) is 0 Å². The van der Waals surface area contributed by atoms with E-state index < -0.39 is 0 Å². The van der Waals surface area contributed by atoms with Crippen molar-refractivity contribution in [1.82, 2.24) is 0 Å². The summed E-state index contributed by atoms with van der Waals surface area (Å²) in [6, 6.07) is 0. The molecule has 0 aromatic rings. The zero-order chi connectivity index (χ0) is 14.0. The third-order valence-electron chi connectivity index (χ3n) is 8.38. The summed E-state index contributed by atoms with van der Waals surface area (Å²) >= 11 is 2.73. The van der Waals surface area contributed by atoms with Crippen LogP contribution in [-0.2, 0) is 0 Å². The maximum atomic E-state index is 2.73. The van der Waals surface area contributed by atoms with E-state index in [1.54, 1.807) is 32.1 Å². The van der Waals surface area contributed by atoms with Crippen LogP contribution >= 0.6 is 22.6 Å². The number of halogens is 1. The highest BCUT2D eigenvalue weighted by molar-refractivity contribution is 14.1. The molecule has 0 radical (unpaired) electrons. The van der Waals surface area contributed by atoms with Crippen molar-refractivity contribution in [2.24, 2.45) is 34.5 Å². The first kappa shape index (κ1) is 14.3. The minimum atomic E-state index is 0.717. The molecule has 114 valence electrons. The molecule has 20 heavy (non-hydrogen) atoms. The van der Waals surface area contributed by atoms with Gasteiger partial charge in [0, 0.05) is 3.92 Å². The maximum Gasteiger partial charge on any atom is 0.0113 e. The molecule has 0 saturated heterocycles. The van der Waals surface area contributed by atoms with Gasteiger partial charge in [0.1, 0.15) is 0 Å². The lowest BCUT2D eigenvalue weighted by atomic mass is 9.45. The zero-order valence-electron chi connectivity index (χ0n) is 13.3. The quantitative estimate of drug-likeness (QED) is 0.342. The van der Waals surface area contributed by atoms with Crippen LogP contribution < -0.4 is 0 Å². The van der Waals surface area contributed by atoms with Crippen molar-refractivity contribution >= 4 is 22.6 Å². The third kappa shape index (κ3) is 1.97. The van der Waals surface area contributed by atoms with E-state index in [9.17, 15) is 0 Å². The van der Waals surface area contributed by atoms with Crippen LogP contribution in [0.3, 0.4) is 0 Å². The van der Waals surface area contributed by atoms with Crippen molar-refractivity contribution in [2.75, 3.05) is 0 Å². The molecule has 0 heterocycles. The van der Waals surface area contributed by atoms with Crippen molar-refractivity contribution in [1.29, 1.82) is 0 Å². The highest BCUT2D eigenvalue weighted by Crippen LogP contribution is 2.66. The highest BCUT2D eigenvalue weighted by atomic mass is 127. The predicted molar refractivity (Wildman–Crippen MR) is 94.2 cm³/mol. The fraction of sp³-hybridized carbons (Fsp3) is 1.00. The molecule has 0 spiro atoms. The molecule has 4 rings (SSSR count). The number of alkyl halides is 1. The Hall–Kier alpha value is 0.730. The Kier molecular flexibility index (Phi) is 3.48. The van der Waals surface area contributed by atoms with E-state index in [0.717, 1.165) is 33.0 Å². The molecular weight excluding hydrogens is 355 g/mol. The molecule has 4 fully saturated rings. The zero-order valence-corrected chi connectivity index (χ0v) is 15.5. The normalized spacial score (nSPS) is 58.6. The van der Waals surface area contributed by atoms with Crippen LogP contribution in [0.5, 0.6) is 0 Å². The van der Waals surface area contributed by atoms with E-state index in [-0.39, 0.29) is 0 Å². The monoisotopic (exact) mass is 386 g/mol. The van der Waals surface area contributed by atoms with Gasteiger partial charge < -0.3 is 0 Å². The van der Waals surface area contributed by atoms with E-state index in [1.165, 1.54) is 32.1 Å². The summed E-state index contributed by atoms with van der Waals surface area (Å²) in [4.78, 5) is 0. The van der Waals surface area contributed by atoms with Crippen LogP contribution in [0.4, 0.5) is 0 Å². The summed E-state index contributed by atoms with van der Waals surface area (Å²) in [5.74, 6) is 4.34. The van der Waals surface area contributed by atoms with E-state index in [4.69, 9.17) is 0 Å². The number of hydrogen-bond donors (Lipinski definition) is 0. The van der Waals surface area contributed by atoms with Crippen molar-refractivity contribution in [3.05, 3.63) is 0 Å². The fourth-order valence-corrected chi connectivity index (χ4v) is 8.12. The lowest BCUT2D eigenvalue weighted by molar-refractivity contribution is -0.101. The SMILES string of the molecule is C[C@@]12CCC[C@H]1[C@@H]1CC[C@H]3C[C@H](I)CC[C@]3(C)[C@H]1CC2. The van der Waals surface area contributed by atoms with Gasteiger partial charge in [0.15, 0.2) is 0 Å². The van der Waals surface area contributed by atoms with Crippen molar-refractivity contribution < 1.29 is 0 Å². The molecule has 0 N–H and O–H groups in total. The van der Waals surface area contributed by atoms with E-state index in [1.807, 2.05) is 0 Å². The topological polar surface area (TPSA) is 0 Å². The van der Waals surface area contributed by atoms with Gasteiger partial charge in [0.05, 0.1) is 0 Å². The summed E-state index contributed by atoms with van der Waals surface area (Å²) in [5.41, 5.74) is 1.46. The molecule has 7 atom stereocenters. The molecule has 0 nitrogen and oxygen atoms in total. The van der Waals surface area contributed by atoms with Crippen molar-refractivity contribution in [2.45, 2.75) is 82.0 Å². The first-order chi connectivity index (χ1) is 9.53. The molecule has 4 aliphatic carbocycles. The predicted octanol–water partition coefficient (Wildman–Crippen LogP) is 6.22. The second-order valence-corrected chi connectivity index (χ2v) is 10.9. The molecule has 1 heteroatoms. The Balaban J connectivity index is 1.62. The van der Waals surface area contributed by atoms with Gasteiger partial charge in [-0.25, -0.2) is 0 Å². The van der Waals surface area contributed by atoms with Gasteiger partial charge in [-0.3, -0.25) is 0 Å². The Morgan fingerprint density at radius 3 is 2.55 bits per heavy atom. The molecule has 0 unspecified atom stereocenters. The lowest BCUT2D eigenvalue weighted by Gasteiger charge is -2.60. The van der Waals surface area contributed by atoms with E-state index >= 15 is 0 Å². The number of rotatable bonds is 0. The summed E-state index contributed by atoms with van der Waals surface area (Å²) in [6.45, 7) is 5.34. The number of fused-ring (bicyclic) bond motifs is 5. The van der Waals surface area contributed by atoms with Gasteiger partial charge in [0.2, 0.25) is 0 Å². The van der Waals surface area contributed by atoms with E-state index in [0.29, 0.717) is 5.41 Å². The molecule has 0 aromatic carbocycles. The Bertz CT molecular complexity index is 391. The second-order valence-electron chi connectivity index (χ2n) is 9.11. The van der Waals surface area contributed by atoms with Crippen LogP contribution in [-0.4, -0.2) is 3.92 Å². The molecule has 0 bridgehead atoms. The minimum absolute atomic E-state index is 0.717. The van der Waals surface area contributed by atoms with Crippen LogP contribution in [0.15, 0.2) is 0 Å². The number of hydrogen-bond acceptors (Lipinski definition) is 0. The van der Waals surface area contributed by atoms with Gasteiger partial charge >= 0.3 is 0 Å². The summed E-state index contributed by atoms with van der Waals surface area (Å²) in [5, 5.41) is 0. The van der Waals surface area contributed by atoms with Gasteiger partial charge in [-0.15, -0.1) is 0 Å². The Labute approximate surface area is 139 Å². The smallest absolute Gasteiger partial charge is 0.0113 e. The van der Waals surface area contributed by atoms with Crippen molar-refractivity contribution in [3.8, 4) is 0 Å². The first-order valence-electron chi connectivity index (χ1n) is 9.17. The molecule has 4 aliphatic rings. The average molecular weight is 386 g/mol. The van der Waals surface area contributed by atoms with Crippen LogP contribution in [0, 0.1) is 34.5 Å². The van der Waals surface area contributed by atoms with Gasteiger partial charge in [-0.1, -0.05) is 42.9 Å². The molecular formula is C19H31I. The Morgan fingerprint density at radius 2 is 1.70 bits per heavy atom. The van der Waals surface area contributed by atoms with Gasteiger partial charge in [-0.05, 0) is 92.3 Å². The minimum Gasteiger partial charge on any atom is -0.0826 e. The summed E-state index contributed by atoms with van der Waals surface area (Å²) < 4.78 is 0.975. The van der Waals surface area contributed by atoms with Crippen LogP contribution in [0.2, 0.25) is 0 Å². The maximum absolute atomic E-state index is 2.73. The standard InChI is InChI=1S/C19H31I/c1-18-9-3-4-16(18)15-6-5-13-12-14(20)7-11-19(13,2)17(15)8-10-18/h13-17H,3-12H2,1-2H3/t13-,14+,15-,16-,17-,18-,19-/m0/s1. The summed E-state index contributed by atoms with van der Waals surface area (Å²) in [7, 11) is 0. The Morgan fingerprint density at radius 1 is 0.850 bits per heavy atom. The first-order valence-corrected chi connectivity index (χ1v) is 10.4. The van der Waals surface area contributed by atoms with Crippen LogP contribution in [0.1, 0.15) is 78.1 Å². The summed E-state index contributed by atoms with van der Waals surface area (Å²) in [6.07, 6.45) is 15.4. The average Bonchev–Trinajstić information content (AvgIpc) is 2.81. The fourth-order valence-electron chi connectivity index (χ4n) is 7.20.